The Morgan fingerprint density at radius 2 is 1.57 bits per heavy atom. The van der Waals surface area contributed by atoms with Crippen LogP contribution in [-0.4, -0.2) is 21.9 Å². The predicted octanol–water partition coefficient (Wildman–Crippen LogP) is 5.44. The molecule has 0 spiro atoms. The van der Waals surface area contributed by atoms with Gasteiger partial charge in [0.05, 0.1) is 0 Å². The molecule has 3 N–H and O–H groups in total. The summed E-state index contributed by atoms with van der Waals surface area (Å²) in [4.78, 5) is 0. The van der Waals surface area contributed by atoms with Gasteiger partial charge in [-0.3, -0.25) is 0 Å². The first-order chi connectivity index (χ1) is 13.3. The molecule has 28 heavy (non-hydrogen) atoms. The van der Waals surface area contributed by atoms with Crippen molar-refractivity contribution in [2.75, 3.05) is 6.61 Å². The zero-order valence-electron chi connectivity index (χ0n) is 17.1. The highest BCUT2D eigenvalue weighted by Crippen LogP contribution is 2.31. The topological polar surface area (TPSA) is 69.9 Å². The molecule has 0 saturated carbocycles. The van der Waals surface area contributed by atoms with Crippen LogP contribution < -0.4 is 4.74 Å². The van der Waals surface area contributed by atoms with Crippen molar-refractivity contribution in [3.8, 4) is 23.0 Å². The van der Waals surface area contributed by atoms with E-state index in [0.29, 0.717) is 25.2 Å². The van der Waals surface area contributed by atoms with Gasteiger partial charge in [-0.25, -0.2) is 0 Å². The third-order valence-electron chi connectivity index (χ3n) is 4.45. The number of aromatic hydroxyl groups is 3. The highest BCUT2D eigenvalue weighted by molar-refractivity contribution is 5.48. The van der Waals surface area contributed by atoms with E-state index in [4.69, 9.17) is 4.74 Å². The minimum atomic E-state index is -0.125. The van der Waals surface area contributed by atoms with Crippen molar-refractivity contribution in [2.24, 2.45) is 0 Å². The molecule has 0 fully saturated rings. The third kappa shape index (κ3) is 6.38. The molecular formula is C24H30O4. The molecule has 0 bridgehead atoms. The Balaban J connectivity index is 2.31. The van der Waals surface area contributed by atoms with Crippen molar-refractivity contribution < 1.29 is 20.1 Å². The van der Waals surface area contributed by atoms with Gasteiger partial charge in [0.1, 0.15) is 18.1 Å². The van der Waals surface area contributed by atoms with E-state index in [1.54, 1.807) is 24.3 Å². The van der Waals surface area contributed by atoms with E-state index in [1.165, 1.54) is 17.2 Å². The predicted molar refractivity (Wildman–Crippen MR) is 113 cm³/mol. The van der Waals surface area contributed by atoms with Gasteiger partial charge in [0.2, 0.25) is 0 Å². The Morgan fingerprint density at radius 1 is 0.857 bits per heavy atom. The summed E-state index contributed by atoms with van der Waals surface area (Å²) in [5.74, 6) is 0.625. The van der Waals surface area contributed by atoms with Gasteiger partial charge in [-0.1, -0.05) is 23.3 Å². The minimum Gasteiger partial charge on any atom is -0.508 e. The average molecular weight is 383 g/mol. The van der Waals surface area contributed by atoms with Gasteiger partial charge in [-0.15, -0.1) is 0 Å². The quantitative estimate of drug-likeness (QED) is 0.420. The number of phenols is 3. The van der Waals surface area contributed by atoms with E-state index in [0.717, 1.165) is 23.1 Å². The van der Waals surface area contributed by atoms with Crippen molar-refractivity contribution in [3.05, 3.63) is 70.3 Å². The van der Waals surface area contributed by atoms with Crippen LogP contribution in [0.15, 0.2) is 53.6 Å². The molecule has 0 radical (unpaired) electrons. The molecule has 0 aliphatic heterocycles. The van der Waals surface area contributed by atoms with E-state index in [-0.39, 0.29) is 17.2 Å². The first-order valence-electron chi connectivity index (χ1n) is 9.51. The molecule has 4 nitrogen and oxygen atoms in total. The molecule has 0 atom stereocenters. The Kier molecular flexibility index (Phi) is 7.56. The summed E-state index contributed by atoms with van der Waals surface area (Å²) in [6.45, 7) is 8.62. The number of phenolic OH excluding ortho intramolecular Hbond substituents is 3. The van der Waals surface area contributed by atoms with Gasteiger partial charge in [-0.2, -0.15) is 0 Å². The highest BCUT2D eigenvalue weighted by atomic mass is 16.5. The largest absolute Gasteiger partial charge is 0.508 e. The second kappa shape index (κ2) is 9.88. The summed E-state index contributed by atoms with van der Waals surface area (Å²) in [6.07, 6.45) is 6.24. The molecule has 2 aromatic carbocycles. The lowest BCUT2D eigenvalue weighted by molar-refractivity contribution is 0.354. The van der Waals surface area contributed by atoms with E-state index in [2.05, 4.69) is 19.9 Å². The Bertz CT molecular complexity index is 870. The lowest BCUT2D eigenvalue weighted by atomic mass is 9.96. The number of allylic oxidation sites excluding steroid dienone is 3. The maximum absolute atomic E-state index is 10.2. The lowest BCUT2D eigenvalue weighted by Gasteiger charge is -2.16. The summed E-state index contributed by atoms with van der Waals surface area (Å²) in [6, 6.07) is 8.30. The molecule has 4 heteroatoms. The smallest absolute Gasteiger partial charge is 0.157 e. The fourth-order valence-electron chi connectivity index (χ4n) is 2.88. The number of aryl methyl sites for hydroxylation is 2. The van der Waals surface area contributed by atoms with Gasteiger partial charge >= 0.3 is 0 Å². The molecule has 2 aromatic rings. The Labute approximate surface area is 167 Å². The van der Waals surface area contributed by atoms with E-state index >= 15 is 0 Å². The summed E-state index contributed by atoms with van der Waals surface area (Å²) < 4.78 is 5.95. The normalized spacial score (nSPS) is 10.4. The number of hydrogen-bond acceptors (Lipinski definition) is 4. The van der Waals surface area contributed by atoms with Gasteiger partial charge in [0, 0.05) is 11.6 Å². The molecule has 0 aliphatic rings. The highest BCUT2D eigenvalue weighted by Gasteiger charge is 2.12. The van der Waals surface area contributed by atoms with Gasteiger partial charge in [-0.05, 0) is 82.4 Å². The van der Waals surface area contributed by atoms with E-state index in [9.17, 15) is 15.3 Å². The van der Waals surface area contributed by atoms with E-state index < -0.39 is 0 Å². The van der Waals surface area contributed by atoms with Crippen LogP contribution in [0.4, 0.5) is 0 Å². The van der Waals surface area contributed by atoms with Gasteiger partial charge < -0.3 is 20.1 Å². The van der Waals surface area contributed by atoms with Crippen LogP contribution in [0, 0.1) is 0 Å². The first-order valence-corrected chi connectivity index (χ1v) is 9.51. The minimum absolute atomic E-state index is 0.121. The second-order valence-corrected chi connectivity index (χ2v) is 7.48. The zero-order chi connectivity index (χ0) is 20.7. The SMILES string of the molecule is CC(C)=CCOc1cc(O)cc(CCc2ccc(O)c(O)c2)c1CC=C(C)C. The van der Waals surface area contributed by atoms with Gasteiger partial charge in [0.15, 0.2) is 11.5 Å². The standard InChI is InChI=1S/C24H30O4/c1-16(2)5-9-21-19(8-6-18-7-10-22(26)23(27)13-18)14-20(25)15-24(21)28-12-11-17(3)4/h5,7,10-11,13-15,25-27H,6,8-9,12H2,1-4H3. The van der Waals surface area contributed by atoms with Crippen LogP contribution in [0.3, 0.4) is 0 Å². The maximum atomic E-state index is 10.2. The van der Waals surface area contributed by atoms with Crippen molar-refractivity contribution in [1.29, 1.82) is 0 Å². The fraction of sp³-hybridized carbons (Fsp3) is 0.333. The molecule has 150 valence electrons. The molecule has 0 aliphatic carbocycles. The first kappa shape index (κ1) is 21.4. The van der Waals surface area contributed by atoms with Crippen molar-refractivity contribution >= 4 is 0 Å². The average Bonchev–Trinajstić information content (AvgIpc) is 2.61. The molecular weight excluding hydrogens is 352 g/mol. The number of hydrogen-bond donors (Lipinski definition) is 3. The summed E-state index contributed by atoms with van der Waals surface area (Å²) in [5.41, 5.74) is 5.39. The van der Waals surface area contributed by atoms with Crippen LogP contribution in [0.25, 0.3) is 0 Å². The van der Waals surface area contributed by atoms with Crippen LogP contribution in [-0.2, 0) is 19.3 Å². The molecule has 0 unspecified atom stereocenters. The molecule has 0 heterocycles. The van der Waals surface area contributed by atoms with Crippen LogP contribution in [0.5, 0.6) is 23.0 Å². The summed E-state index contributed by atoms with van der Waals surface area (Å²) in [7, 11) is 0. The van der Waals surface area contributed by atoms with Gasteiger partial charge in [0.25, 0.3) is 0 Å². The van der Waals surface area contributed by atoms with Crippen LogP contribution >= 0.6 is 0 Å². The maximum Gasteiger partial charge on any atom is 0.157 e. The molecule has 0 amide bonds. The molecule has 0 aromatic heterocycles. The number of benzene rings is 2. The molecule has 0 saturated heterocycles. The van der Waals surface area contributed by atoms with Crippen molar-refractivity contribution in [2.45, 2.75) is 47.0 Å². The van der Waals surface area contributed by atoms with Crippen molar-refractivity contribution in [3.63, 3.8) is 0 Å². The Hall–Kier alpha value is -2.88. The zero-order valence-corrected chi connectivity index (χ0v) is 17.1. The van der Waals surface area contributed by atoms with Crippen LogP contribution in [0.2, 0.25) is 0 Å². The van der Waals surface area contributed by atoms with Crippen LogP contribution in [0.1, 0.15) is 44.4 Å². The lowest BCUT2D eigenvalue weighted by Crippen LogP contribution is -2.03. The second-order valence-electron chi connectivity index (χ2n) is 7.48. The third-order valence-corrected chi connectivity index (χ3v) is 4.45. The molecule has 2 rings (SSSR count). The monoisotopic (exact) mass is 382 g/mol. The summed E-state index contributed by atoms with van der Waals surface area (Å²) in [5, 5.41) is 29.4. The summed E-state index contributed by atoms with van der Waals surface area (Å²) >= 11 is 0. The van der Waals surface area contributed by atoms with E-state index in [1.807, 2.05) is 19.9 Å². The Morgan fingerprint density at radius 3 is 2.21 bits per heavy atom. The number of ether oxygens (including phenoxy) is 1. The fourth-order valence-corrected chi connectivity index (χ4v) is 2.88. The number of rotatable bonds is 8. The van der Waals surface area contributed by atoms with Crippen molar-refractivity contribution in [1.82, 2.24) is 0 Å².